The number of allylic oxidation sites excluding steroid dienone is 1. The minimum absolute atomic E-state index is 0.0397. The fourth-order valence-corrected chi connectivity index (χ4v) is 2.50. The van der Waals surface area contributed by atoms with Gasteiger partial charge in [0, 0.05) is 12.1 Å². The van der Waals surface area contributed by atoms with Gasteiger partial charge in [-0.25, -0.2) is 13.2 Å². The van der Waals surface area contributed by atoms with Crippen molar-refractivity contribution < 1.29 is 31.4 Å². The Balaban J connectivity index is 1.90. The summed E-state index contributed by atoms with van der Waals surface area (Å²) in [7, 11) is 0. The van der Waals surface area contributed by atoms with Gasteiger partial charge in [0.25, 0.3) is 0 Å². The average molecular weight is 350 g/mol. The summed E-state index contributed by atoms with van der Waals surface area (Å²) in [6, 6.07) is 0.787. The molecule has 134 valence electrons. The van der Waals surface area contributed by atoms with Crippen LogP contribution in [0, 0.1) is 17.5 Å². The summed E-state index contributed by atoms with van der Waals surface area (Å²) < 4.78 is 76.2. The number of hydrogen-bond acceptors (Lipinski definition) is 2. The monoisotopic (exact) mass is 350 g/mol. The molecule has 1 heterocycles. The molecule has 0 aliphatic carbocycles. The minimum atomic E-state index is -3.63. The molecular formula is C17H19F5O2. The topological polar surface area (TPSA) is 18.5 Å². The van der Waals surface area contributed by atoms with E-state index in [9.17, 15) is 22.0 Å². The number of benzene rings is 1. The molecule has 0 bridgehead atoms. The molecule has 0 N–H and O–H groups in total. The van der Waals surface area contributed by atoms with Gasteiger partial charge in [0.15, 0.2) is 17.5 Å². The lowest BCUT2D eigenvalue weighted by atomic mass is 9.99. The Hall–Kier alpha value is -1.79. The van der Waals surface area contributed by atoms with Crippen molar-refractivity contribution in [2.24, 2.45) is 0 Å². The van der Waals surface area contributed by atoms with Gasteiger partial charge in [-0.2, -0.15) is 8.78 Å². The normalized spacial score (nSPS) is 18.1. The van der Waals surface area contributed by atoms with Gasteiger partial charge in [-0.3, -0.25) is 0 Å². The van der Waals surface area contributed by atoms with Crippen molar-refractivity contribution in [2.45, 2.75) is 57.7 Å². The van der Waals surface area contributed by atoms with Crippen LogP contribution < -0.4 is 4.74 Å². The molecule has 2 nitrogen and oxygen atoms in total. The largest absolute Gasteiger partial charge is 0.498 e. The molecule has 0 saturated heterocycles. The Labute approximate surface area is 137 Å². The van der Waals surface area contributed by atoms with Gasteiger partial charge in [-0.1, -0.05) is 13.3 Å². The molecule has 2 rings (SSSR count). The van der Waals surface area contributed by atoms with Crippen molar-refractivity contribution >= 4 is 0 Å². The molecule has 0 spiro atoms. The van der Waals surface area contributed by atoms with Crippen LogP contribution in [-0.4, -0.2) is 12.2 Å². The molecule has 0 saturated carbocycles. The van der Waals surface area contributed by atoms with Crippen molar-refractivity contribution in [1.29, 1.82) is 0 Å². The van der Waals surface area contributed by atoms with E-state index in [1.54, 1.807) is 0 Å². The zero-order valence-electron chi connectivity index (χ0n) is 13.3. The summed E-state index contributed by atoms with van der Waals surface area (Å²) >= 11 is 0. The van der Waals surface area contributed by atoms with Crippen LogP contribution in [0.15, 0.2) is 24.0 Å². The van der Waals surface area contributed by atoms with E-state index in [0.717, 1.165) is 24.8 Å². The molecule has 24 heavy (non-hydrogen) atoms. The Morgan fingerprint density at radius 1 is 1.21 bits per heavy atom. The second kappa shape index (κ2) is 7.85. The Morgan fingerprint density at radius 3 is 2.42 bits per heavy atom. The highest BCUT2D eigenvalue weighted by molar-refractivity contribution is 5.25. The van der Waals surface area contributed by atoms with Crippen LogP contribution in [-0.2, 0) is 4.74 Å². The van der Waals surface area contributed by atoms with E-state index in [2.05, 4.69) is 4.74 Å². The molecule has 1 aromatic rings. The van der Waals surface area contributed by atoms with Crippen molar-refractivity contribution in [3.8, 4) is 5.75 Å². The van der Waals surface area contributed by atoms with Crippen LogP contribution in [0.4, 0.5) is 22.0 Å². The number of hydrogen-bond donors (Lipinski definition) is 0. The maximum atomic E-state index is 13.8. The molecular weight excluding hydrogens is 331 g/mol. The van der Waals surface area contributed by atoms with Crippen LogP contribution in [0.1, 0.15) is 45.4 Å². The van der Waals surface area contributed by atoms with Crippen LogP contribution in [0.3, 0.4) is 0 Å². The fourth-order valence-electron chi connectivity index (χ4n) is 2.50. The highest BCUT2D eigenvalue weighted by Gasteiger charge is 2.32. The third-order valence-corrected chi connectivity index (χ3v) is 3.79. The van der Waals surface area contributed by atoms with Crippen LogP contribution in [0.2, 0.25) is 0 Å². The summed E-state index contributed by atoms with van der Waals surface area (Å²) in [6.45, 7) is 2.04. The smallest absolute Gasteiger partial charge is 0.398 e. The lowest BCUT2D eigenvalue weighted by Gasteiger charge is -2.24. The zero-order valence-corrected chi connectivity index (χ0v) is 13.3. The molecule has 1 aromatic carbocycles. The van der Waals surface area contributed by atoms with Crippen LogP contribution in [0.25, 0.3) is 0 Å². The van der Waals surface area contributed by atoms with Crippen molar-refractivity contribution in [3.63, 3.8) is 0 Å². The SMILES string of the molecule is CCCC1CCC(CCC(F)(F)Oc2cc(F)c(F)c(F)c2)=CO1. The van der Waals surface area contributed by atoms with Gasteiger partial charge in [-0.05, 0) is 31.3 Å². The quantitative estimate of drug-likeness (QED) is 0.463. The number of ether oxygens (including phenoxy) is 2. The van der Waals surface area contributed by atoms with Crippen molar-refractivity contribution in [2.75, 3.05) is 0 Å². The number of halogens is 5. The fraction of sp³-hybridized carbons (Fsp3) is 0.529. The van der Waals surface area contributed by atoms with Crippen LogP contribution in [0.5, 0.6) is 5.75 Å². The second-order valence-corrected chi connectivity index (χ2v) is 5.80. The summed E-state index contributed by atoms with van der Waals surface area (Å²) in [4.78, 5) is 0. The third-order valence-electron chi connectivity index (χ3n) is 3.79. The standard InChI is InChI=1S/C17H19F5O2/c1-2-3-12-5-4-11(10-23-12)6-7-17(21,22)24-13-8-14(18)16(20)15(19)9-13/h8-10,12H,2-7H2,1H3. The van der Waals surface area contributed by atoms with Crippen molar-refractivity contribution in [1.82, 2.24) is 0 Å². The zero-order chi connectivity index (χ0) is 17.7. The van der Waals surface area contributed by atoms with E-state index >= 15 is 0 Å². The lowest BCUT2D eigenvalue weighted by molar-refractivity contribution is -0.180. The van der Waals surface area contributed by atoms with Gasteiger partial charge >= 0.3 is 6.11 Å². The van der Waals surface area contributed by atoms with E-state index in [1.165, 1.54) is 6.26 Å². The Bertz CT molecular complexity index is 578. The highest BCUT2D eigenvalue weighted by atomic mass is 19.3. The summed E-state index contributed by atoms with van der Waals surface area (Å²) in [6.07, 6.45) is 0.741. The molecule has 1 aliphatic rings. The van der Waals surface area contributed by atoms with Gasteiger partial charge in [0.1, 0.15) is 5.75 Å². The Morgan fingerprint density at radius 2 is 1.88 bits per heavy atom. The summed E-state index contributed by atoms with van der Waals surface area (Å²) in [5, 5.41) is 0. The predicted octanol–water partition coefficient (Wildman–Crippen LogP) is 5.72. The van der Waals surface area contributed by atoms with Crippen molar-refractivity contribution in [3.05, 3.63) is 41.4 Å². The number of alkyl halides is 2. The first kappa shape index (κ1) is 18.5. The molecule has 0 aromatic heterocycles. The average Bonchev–Trinajstić information content (AvgIpc) is 2.52. The first-order valence-corrected chi connectivity index (χ1v) is 7.85. The summed E-state index contributed by atoms with van der Waals surface area (Å²) in [5.74, 6) is -5.64. The van der Waals surface area contributed by atoms with E-state index in [4.69, 9.17) is 4.74 Å². The second-order valence-electron chi connectivity index (χ2n) is 5.80. The first-order valence-electron chi connectivity index (χ1n) is 7.85. The maximum Gasteiger partial charge on any atom is 0.398 e. The lowest BCUT2D eigenvalue weighted by Crippen LogP contribution is -2.25. The molecule has 0 fully saturated rings. The minimum Gasteiger partial charge on any atom is -0.498 e. The van der Waals surface area contributed by atoms with E-state index in [0.29, 0.717) is 18.6 Å². The third kappa shape index (κ3) is 5.11. The predicted molar refractivity (Wildman–Crippen MR) is 78.2 cm³/mol. The maximum absolute atomic E-state index is 13.8. The number of rotatable bonds is 7. The molecule has 0 amide bonds. The van der Waals surface area contributed by atoms with E-state index in [1.807, 2.05) is 6.92 Å². The molecule has 1 unspecified atom stereocenters. The Kier molecular flexibility index (Phi) is 6.07. The first-order chi connectivity index (χ1) is 11.3. The van der Waals surface area contributed by atoms with Gasteiger partial charge in [-0.15, -0.1) is 0 Å². The molecule has 0 radical (unpaired) electrons. The van der Waals surface area contributed by atoms with Gasteiger partial charge in [0.05, 0.1) is 18.8 Å². The highest BCUT2D eigenvalue weighted by Crippen LogP contribution is 2.31. The van der Waals surface area contributed by atoms with Gasteiger partial charge in [0.2, 0.25) is 0 Å². The van der Waals surface area contributed by atoms with Crippen LogP contribution >= 0.6 is 0 Å². The van der Waals surface area contributed by atoms with E-state index < -0.39 is 35.7 Å². The van der Waals surface area contributed by atoms with Gasteiger partial charge < -0.3 is 9.47 Å². The molecule has 7 heteroatoms. The van der Waals surface area contributed by atoms with E-state index in [-0.39, 0.29) is 12.5 Å². The molecule has 1 aliphatic heterocycles. The molecule has 1 atom stereocenters. The summed E-state index contributed by atoms with van der Waals surface area (Å²) in [5.41, 5.74) is 0.738.